The molecule has 0 radical (unpaired) electrons. The number of hydrogen-bond donors (Lipinski definition) is 2. The van der Waals surface area contributed by atoms with Crippen molar-refractivity contribution >= 4 is 23.3 Å². The van der Waals surface area contributed by atoms with Gasteiger partial charge in [0.15, 0.2) is 11.6 Å². The molecule has 9 heteroatoms. The number of carbonyl (C=O) groups excluding carboxylic acids is 2. The number of aryl methyl sites for hydroxylation is 1. The van der Waals surface area contributed by atoms with Gasteiger partial charge < -0.3 is 25.6 Å². The summed E-state index contributed by atoms with van der Waals surface area (Å²) in [7, 11) is 3.83. The number of likely N-dealkylation sites (tertiary alicyclic amines) is 1. The summed E-state index contributed by atoms with van der Waals surface area (Å²) in [5.41, 5.74) is 7.80. The smallest absolute Gasteiger partial charge is 0.313 e. The number of ether oxygens (including phenoxy) is 1. The number of nitrogen functional groups attached to an aromatic ring is 1. The fourth-order valence-corrected chi connectivity index (χ4v) is 4.09. The van der Waals surface area contributed by atoms with Gasteiger partial charge >= 0.3 is 11.8 Å². The van der Waals surface area contributed by atoms with E-state index in [1.165, 1.54) is 12.3 Å². The molecular formula is C25H34FN5O3. The van der Waals surface area contributed by atoms with Gasteiger partial charge in [0.1, 0.15) is 12.4 Å². The molecule has 1 saturated heterocycles. The predicted octanol–water partition coefficient (Wildman–Crippen LogP) is 3.24. The van der Waals surface area contributed by atoms with E-state index in [-0.39, 0.29) is 17.7 Å². The molecule has 184 valence electrons. The van der Waals surface area contributed by atoms with Gasteiger partial charge in [-0.15, -0.1) is 0 Å². The van der Waals surface area contributed by atoms with E-state index in [4.69, 9.17) is 10.5 Å². The highest BCUT2D eigenvalue weighted by molar-refractivity contribution is 6.39. The number of hydrogen-bond acceptors (Lipinski definition) is 6. The van der Waals surface area contributed by atoms with Crippen LogP contribution in [0.4, 0.5) is 15.9 Å². The van der Waals surface area contributed by atoms with Crippen LogP contribution in [0.25, 0.3) is 0 Å². The number of carbonyl (C=O) groups is 2. The number of nitrogens with two attached hydrogens (primary N) is 1. The Hall–Kier alpha value is -3.20. The normalized spacial score (nSPS) is 18.1. The first-order valence-electron chi connectivity index (χ1n) is 11.6. The fraction of sp³-hybridized carbons (Fsp3) is 0.480. The molecule has 1 fully saturated rings. The monoisotopic (exact) mass is 471 g/mol. The average Bonchev–Trinajstić information content (AvgIpc) is 2.80. The molecule has 0 bridgehead atoms. The summed E-state index contributed by atoms with van der Waals surface area (Å²) in [5.74, 6) is -1.03. The zero-order chi connectivity index (χ0) is 24.8. The van der Waals surface area contributed by atoms with Crippen LogP contribution < -0.4 is 15.8 Å². The van der Waals surface area contributed by atoms with E-state index in [1.54, 1.807) is 23.1 Å². The molecular weight excluding hydrogens is 437 g/mol. The van der Waals surface area contributed by atoms with Gasteiger partial charge in [-0.2, -0.15) is 0 Å². The second kappa shape index (κ2) is 11.3. The first kappa shape index (κ1) is 25.4. The second-order valence-electron chi connectivity index (χ2n) is 9.07. The highest BCUT2D eigenvalue weighted by Crippen LogP contribution is 2.35. The maximum absolute atomic E-state index is 14.3. The van der Waals surface area contributed by atoms with Crippen molar-refractivity contribution in [3.8, 4) is 5.75 Å². The molecule has 2 atom stereocenters. The van der Waals surface area contributed by atoms with Crippen LogP contribution in [0.2, 0.25) is 0 Å². The Bertz CT molecular complexity index is 1030. The number of nitrogens with one attached hydrogen (secondary N) is 1. The van der Waals surface area contributed by atoms with Crippen molar-refractivity contribution < 1.29 is 18.7 Å². The minimum Gasteiger partial charge on any atom is -0.489 e. The number of halogens is 1. The highest BCUT2D eigenvalue weighted by atomic mass is 19.1. The molecule has 2 amide bonds. The predicted molar refractivity (Wildman–Crippen MR) is 130 cm³/mol. The maximum Gasteiger partial charge on any atom is 0.313 e. The number of aromatic nitrogens is 1. The topological polar surface area (TPSA) is 101 Å². The lowest BCUT2D eigenvalue weighted by Crippen LogP contribution is -2.46. The van der Waals surface area contributed by atoms with Gasteiger partial charge in [-0.3, -0.25) is 9.59 Å². The number of rotatable bonds is 7. The summed E-state index contributed by atoms with van der Waals surface area (Å²) in [6.07, 6.45) is 3.66. The first-order valence-corrected chi connectivity index (χ1v) is 11.6. The Kier molecular flexibility index (Phi) is 8.44. The van der Waals surface area contributed by atoms with E-state index in [0.717, 1.165) is 17.5 Å². The van der Waals surface area contributed by atoms with E-state index in [1.807, 2.05) is 32.8 Å². The largest absolute Gasteiger partial charge is 0.489 e. The summed E-state index contributed by atoms with van der Waals surface area (Å²) >= 11 is 0. The molecule has 1 aromatic carbocycles. The van der Waals surface area contributed by atoms with Crippen molar-refractivity contribution in [1.29, 1.82) is 0 Å². The van der Waals surface area contributed by atoms with Crippen LogP contribution >= 0.6 is 0 Å². The summed E-state index contributed by atoms with van der Waals surface area (Å²) in [6, 6.07) is 6.03. The average molecular weight is 472 g/mol. The quantitative estimate of drug-likeness (QED) is 0.602. The standard InChI is InChI=1S/C25H34FN5O3/c1-5-17-12-19(14-28-23(17)27)29-24(32)25(33)31-15-16(2)6-9-21(31)18-7-8-20(26)22(13-18)34-11-10-30(3)4/h7-8,12-14,16,21H,5-6,9-11,15H2,1-4H3,(H2,27,28)(H,29,32)/t16-,21+/m0/s1. The van der Waals surface area contributed by atoms with Crippen LogP contribution in [0.3, 0.4) is 0 Å². The van der Waals surface area contributed by atoms with Crippen molar-refractivity contribution in [3.05, 3.63) is 47.4 Å². The van der Waals surface area contributed by atoms with E-state index in [0.29, 0.717) is 44.0 Å². The first-order chi connectivity index (χ1) is 16.2. The molecule has 0 unspecified atom stereocenters. The van der Waals surface area contributed by atoms with Gasteiger partial charge in [0.05, 0.1) is 17.9 Å². The van der Waals surface area contributed by atoms with E-state index in [9.17, 15) is 14.0 Å². The van der Waals surface area contributed by atoms with Crippen LogP contribution in [0.5, 0.6) is 5.75 Å². The van der Waals surface area contributed by atoms with Crippen LogP contribution in [0.1, 0.15) is 43.9 Å². The number of pyridine rings is 1. The van der Waals surface area contributed by atoms with Gasteiger partial charge in [-0.05, 0) is 68.6 Å². The summed E-state index contributed by atoms with van der Waals surface area (Å²) in [6.45, 7) is 5.41. The van der Waals surface area contributed by atoms with E-state index >= 15 is 0 Å². The molecule has 2 heterocycles. The molecule has 3 N–H and O–H groups in total. The van der Waals surface area contributed by atoms with Crippen molar-refractivity contribution in [1.82, 2.24) is 14.8 Å². The minimum atomic E-state index is -0.739. The Morgan fingerprint density at radius 3 is 2.76 bits per heavy atom. The molecule has 0 aliphatic carbocycles. The van der Waals surface area contributed by atoms with Gasteiger partial charge in [0.2, 0.25) is 0 Å². The number of anilines is 2. The van der Waals surface area contributed by atoms with Crippen molar-refractivity contribution in [2.75, 3.05) is 44.8 Å². The molecule has 8 nitrogen and oxygen atoms in total. The third kappa shape index (κ3) is 6.22. The molecule has 34 heavy (non-hydrogen) atoms. The number of nitrogens with zero attached hydrogens (tertiary/aromatic N) is 3. The zero-order valence-electron chi connectivity index (χ0n) is 20.3. The van der Waals surface area contributed by atoms with Crippen molar-refractivity contribution in [3.63, 3.8) is 0 Å². The van der Waals surface area contributed by atoms with Crippen molar-refractivity contribution in [2.45, 2.75) is 39.2 Å². The van der Waals surface area contributed by atoms with Gasteiger partial charge in [0, 0.05) is 13.1 Å². The van der Waals surface area contributed by atoms with Crippen LogP contribution in [-0.4, -0.2) is 60.4 Å². The van der Waals surface area contributed by atoms with Crippen molar-refractivity contribution in [2.24, 2.45) is 5.92 Å². The summed E-state index contributed by atoms with van der Waals surface area (Å²) in [4.78, 5) is 33.7. The van der Waals surface area contributed by atoms with Gasteiger partial charge in [-0.25, -0.2) is 9.37 Å². The van der Waals surface area contributed by atoms with Gasteiger partial charge in [-0.1, -0.05) is 19.9 Å². The second-order valence-corrected chi connectivity index (χ2v) is 9.07. The highest BCUT2D eigenvalue weighted by Gasteiger charge is 2.34. The van der Waals surface area contributed by atoms with Crippen LogP contribution in [0, 0.1) is 11.7 Å². The lowest BCUT2D eigenvalue weighted by molar-refractivity contribution is -0.146. The van der Waals surface area contributed by atoms with E-state index in [2.05, 4.69) is 10.3 Å². The third-order valence-electron chi connectivity index (χ3n) is 6.05. The lowest BCUT2D eigenvalue weighted by atomic mass is 9.89. The van der Waals surface area contributed by atoms with Crippen LogP contribution in [-0.2, 0) is 16.0 Å². The fourth-order valence-electron chi connectivity index (χ4n) is 4.09. The van der Waals surface area contributed by atoms with Gasteiger partial charge in [0.25, 0.3) is 0 Å². The maximum atomic E-state index is 14.3. The Balaban J connectivity index is 1.79. The number of amides is 2. The molecule has 0 spiro atoms. The van der Waals surface area contributed by atoms with Crippen LogP contribution in [0.15, 0.2) is 30.5 Å². The minimum absolute atomic E-state index is 0.148. The van der Waals surface area contributed by atoms with E-state index < -0.39 is 17.6 Å². The Morgan fingerprint density at radius 1 is 1.29 bits per heavy atom. The summed E-state index contributed by atoms with van der Waals surface area (Å²) < 4.78 is 20.0. The zero-order valence-corrected chi connectivity index (χ0v) is 20.3. The molecule has 1 aliphatic rings. The lowest BCUT2D eigenvalue weighted by Gasteiger charge is -2.38. The molecule has 1 aliphatic heterocycles. The molecule has 3 rings (SSSR count). The Morgan fingerprint density at radius 2 is 2.06 bits per heavy atom. The Labute approximate surface area is 200 Å². The molecule has 0 saturated carbocycles. The number of likely N-dealkylation sites (N-methyl/N-ethyl adjacent to an activating group) is 1. The molecule has 1 aromatic heterocycles. The summed E-state index contributed by atoms with van der Waals surface area (Å²) in [5, 5.41) is 2.65. The molecule has 2 aromatic rings. The number of piperidine rings is 1. The SMILES string of the molecule is CCc1cc(NC(=O)C(=O)N2C[C@@H](C)CC[C@@H]2c2ccc(F)c(OCCN(C)C)c2)cnc1N. The number of benzene rings is 1. The third-order valence-corrected chi connectivity index (χ3v) is 6.05.